The van der Waals surface area contributed by atoms with Gasteiger partial charge >= 0.3 is 5.97 Å². The van der Waals surface area contributed by atoms with Crippen LogP contribution in [0.3, 0.4) is 0 Å². The van der Waals surface area contributed by atoms with E-state index in [1.165, 1.54) is 40.3 Å². The summed E-state index contributed by atoms with van der Waals surface area (Å²) in [6.45, 7) is 1.39. The Morgan fingerprint density at radius 2 is 2.32 bits per heavy atom. The van der Waals surface area contributed by atoms with E-state index in [2.05, 4.69) is 5.32 Å². The van der Waals surface area contributed by atoms with Gasteiger partial charge in [-0.25, -0.2) is 0 Å². The maximum absolute atomic E-state index is 11.6. The second-order valence-electron chi connectivity index (χ2n) is 4.01. The predicted molar refractivity (Wildman–Crippen MR) is 78.9 cm³/mol. The molecule has 0 aliphatic carbocycles. The molecule has 0 saturated carbocycles. The Bertz CT molecular complexity index is 367. The largest absolute Gasteiger partial charge is 0.480 e. The summed E-state index contributed by atoms with van der Waals surface area (Å²) in [5, 5.41) is 11.2. The van der Waals surface area contributed by atoms with Crippen LogP contribution >= 0.6 is 33.3 Å². The minimum Gasteiger partial charge on any atom is -0.480 e. The monoisotopic (exact) mass is 324 g/mol. The highest BCUT2D eigenvalue weighted by molar-refractivity contribution is 8.78. The summed E-state index contributed by atoms with van der Waals surface area (Å²) in [5.74, 6) is -0.583. The zero-order valence-corrected chi connectivity index (χ0v) is 12.8. The lowest BCUT2D eigenvalue weighted by molar-refractivity contribution is -0.138. The molecule has 1 aliphatic rings. The Morgan fingerprint density at radius 1 is 1.63 bits per heavy atom. The molecule has 1 saturated heterocycles. The zero-order valence-electron chi connectivity index (χ0n) is 10.3. The van der Waals surface area contributed by atoms with Gasteiger partial charge in [-0.2, -0.15) is 0 Å². The first-order valence-corrected chi connectivity index (χ1v) is 8.90. The van der Waals surface area contributed by atoms with Crippen molar-refractivity contribution < 1.29 is 19.5 Å². The molecule has 4 N–H and O–H groups in total. The maximum Gasteiger partial charge on any atom is 0.320 e. The SMILES string of the molecule is CC(=O)N[C@H]1CC(SSCCC(N)C(=O)O)SC1=O. The molecule has 1 rings (SSSR count). The lowest BCUT2D eigenvalue weighted by Crippen LogP contribution is -2.35. The standard InChI is InChI=1S/C10H16N2O4S3/c1-5(13)12-7-4-8(18-10(7)16)19-17-3-2-6(11)9(14)15/h6-8H,2-4,11H2,1H3,(H,12,13)(H,14,15)/t6?,7-,8?/m0/s1. The highest BCUT2D eigenvalue weighted by atomic mass is 33.1. The van der Waals surface area contributed by atoms with Crippen LogP contribution in [0.2, 0.25) is 0 Å². The number of carbonyl (C=O) groups excluding carboxylic acids is 2. The van der Waals surface area contributed by atoms with Gasteiger partial charge in [-0.1, -0.05) is 33.3 Å². The number of nitrogens with two attached hydrogens (primary N) is 1. The highest BCUT2D eigenvalue weighted by Crippen LogP contribution is 2.42. The van der Waals surface area contributed by atoms with Crippen LogP contribution in [0.5, 0.6) is 0 Å². The molecule has 0 bridgehead atoms. The first-order chi connectivity index (χ1) is 8.90. The van der Waals surface area contributed by atoms with Gasteiger partial charge in [-0.05, 0) is 12.8 Å². The van der Waals surface area contributed by atoms with Crippen molar-refractivity contribution in [2.45, 2.75) is 36.4 Å². The zero-order chi connectivity index (χ0) is 14.4. The fourth-order valence-corrected chi connectivity index (χ4v) is 5.69. The molecule has 0 aromatic carbocycles. The van der Waals surface area contributed by atoms with Crippen LogP contribution in [0.15, 0.2) is 0 Å². The van der Waals surface area contributed by atoms with Crippen molar-refractivity contribution in [3.05, 3.63) is 0 Å². The molecule has 108 valence electrons. The molecule has 1 aliphatic heterocycles. The number of thioether (sulfide) groups is 1. The lowest BCUT2D eigenvalue weighted by Gasteiger charge is -2.09. The van der Waals surface area contributed by atoms with Crippen molar-refractivity contribution in [2.75, 3.05) is 5.75 Å². The van der Waals surface area contributed by atoms with E-state index in [1.807, 2.05) is 0 Å². The molecule has 9 heteroatoms. The van der Waals surface area contributed by atoms with Gasteiger partial charge in [-0.15, -0.1) is 0 Å². The molecule has 1 amide bonds. The van der Waals surface area contributed by atoms with E-state index >= 15 is 0 Å². The third-order valence-electron chi connectivity index (χ3n) is 2.34. The van der Waals surface area contributed by atoms with Crippen LogP contribution in [-0.2, 0) is 14.4 Å². The van der Waals surface area contributed by atoms with E-state index < -0.39 is 18.1 Å². The Balaban J connectivity index is 2.20. The maximum atomic E-state index is 11.6. The van der Waals surface area contributed by atoms with Gasteiger partial charge in [-0.3, -0.25) is 14.4 Å². The normalized spacial score (nSPS) is 24.2. The lowest BCUT2D eigenvalue weighted by atomic mass is 10.2. The fraction of sp³-hybridized carbons (Fsp3) is 0.700. The summed E-state index contributed by atoms with van der Waals surface area (Å²) in [4.78, 5) is 33.0. The van der Waals surface area contributed by atoms with Crippen LogP contribution in [0, 0.1) is 0 Å². The summed E-state index contributed by atoms with van der Waals surface area (Å²) in [5.41, 5.74) is 5.38. The van der Waals surface area contributed by atoms with Crippen molar-refractivity contribution >= 4 is 50.3 Å². The number of hydrogen-bond acceptors (Lipinski definition) is 7. The van der Waals surface area contributed by atoms with Gasteiger partial charge in [0.1, 0.15) is 6.04 Å². The van der Waals surface area contributed by atoms with Gasteiger partial charge in [0.15, 0.2) is 0 Å². The highest BCUT2D eigenvalue weighted by Gasteiger charge is 2.34. The molecule has 1 fully saturated rings. The van der Waals surface area contributed by atoms with Crippen molar-refractivity contribution in [1.29, 1.82) is 0 Å². The van der Waals surface area contributed by atoms with Crippen molar-refractivity contribution in [3.8, 4) is 0 Å². The van der Waals surface area contributed by atoms with E-state index in [0.717, 1.165) is 0 Å². The number of aliphatic carboxylic acids is 1. The molecule has 0 aromatic heterocycles. The topological polar surface area (TPSA) is 109 Å². The van der Waals surface area contributed by atoms with Crippen LogP contribution in [0.1, 0.15) is 19.8 Å². The average molecular weight is 324 g/mol. The molecular formula is C10H16N2O4S3. The van der Waals surface area contributed by atoms with Gasteiger partial charge in [0.2, 0.25) is 11.0 Å². The van der Waals surface area contributed by atoms with Gasteiger partial charge < -0.3 is 16.2 Å². The number of carboxylic acid groups (broad SMARTS) is 1. The van der Waals surface area contributed by atoms with E-state index in [9.17, 15) is 14.4 Å². The summed E-state index contributed by atoms with van der Waals surface area (Å²) in [7, 11) is 3.04. The van der Waals surface area contributed by atoms with Gasteiger partial charge in [0.05, 0.1) is 10.6 Å². The third-order valence-corrected chi connectivity index (χ3v) is 6.81. The minimum absolute atomic E-state index is 0.0180. The smallest absolute Gasteiger partial charge is 0.320 e. The predicted octanol–water partition coefficient (Wildman–Crippen LogP) is 0.664. The molecule has 6 nitrogen and oxygen atoms in total. The Hall–Kier alpha value is -0.380. The molecule has 3 atom stereocenters. The second-order valence-corrected chi connectivity index (χ2v) is 8.20. The third kappa shape index (κ3) is 6.07. The molecule has 2 unspecified atom stereocenters. The first kappa shape index (κ1) is 16.7. The van der Waals surface area contributed by atoms with Gasteiger partial charge in [0, 0.05) is 12.7 Å². The summed E-state index contributed by atoms with van der Waals surface area (Å²) < 4.78 is 0.0930. The van der Waals surface area contributed by atoms with Crippen molar-refractivity contribution in [3.63, 3.8) is 0 Å². The molecule has 0 aromatic rings. The van der Waals surface area contributed by atoms with E-state index in [-0.39, 0.29) is 15.6 Å². The minimum atomic E-state index is -0.998. The Labute approximate surface area is 123 Å². The molecular weight excluding hydrogens is 308 g/mol. The van der Waals surface area contributed by atoms with E-state index in [4.69, 9.17) is 10.8 Å². The first-order valence-electron chi connectivity index (χ1n) is 5.64. The van der Waals surface area contributed by atoms with Crippen LogP contribution < -0.4 is 11.1 Å². The fourth-order valence-electron chi connectivity index (χ4n) is 1.39. The van der Waals surface area contributed by atoms with Crippen molar-refractivity contribution in [2.24, 2.45) is 5.73 Å². The summed E-state index contributed by atoms with van der Waals surface area (Å²) >= 11 is 1.22. The number of nitrogens with one attached hydrogen (secondary N) is 1. The van der Waals surface area contributed by atoms with Crippen molar-refractivity contribution in [1.82, 2.24) is 5.32 Å². The van der Waals surface area contributed by atoms with E-state index in [1.54, 1.807) is 0 Å². The van der Waals surface area contributed by atoms with Crippen LogP contribution in [-0.4, -0.2) is 44.5 Å². The number of amides is 1. The summed E-state index contributed by atoms with van der Waals surface area (Å²) in [6.07, 6.45) is 0.999. The quantitative estimate of drug-likeness (QED) is 0.463. The second kappa shape index (κ2) is 8.03. The number of carbonyl (C=O) groups is 3. The molecule has 1 heterocycles. The summed E-state index contributed by atoms with van der Waals surface area (Å²) in [6, 6.07) is -1.24. The van der Waals surface area contributed by atoms with Crippen LogP contribution in [0.25, 0.3) is 0 Å². The molecule has 19 heavy (non-hydrogen) atoms. The number of hydrogen-bond donors (Lipinski definition) is 3. The average Bonchev–Trinajstić information content (AvgIpc) is 2.64. The Kier molecular flexibility index (Phi) is 7.05. The molecule has 0 spiro atoms. The number of rotatable bonds is 7. The van der Waals surface area contributed by atoms with Crippen LogP contribution in [0.4, 0.5) is 0 Å². The molecule has 0 radical (unpaired) electrons. The number of carboxylic acids is 1. The van der Waals surface area contributed by atoms with Gasteiger partial charge in [0.25, 0.3) is 0 Å². The van der Waals surface area contributed by atoms with E-state index in [0.29, 0.717) is 18.6 Å². The Morgan fingerprint density at radius 3 is 2.89 bits per heavy atom.